The largest absolute Gasteiger partial charge is 0.507 e. The minimum atomic E-state index is -0.785. The number of phenolic OH excluding ortho intramolecular Hbond substituents is 2. The molecule has 3 N–H and O–H groups in total. The van der Waals surface area contributed by atoms with Crippen LogP contribution in [0.15, 0.2) is 23.3 Å². The molecule has 2 aromatic rings. The van der Waals surface area contributed by atoms with Gasteiger partial charge >= 0.3 is 5.69 Å². The zero-order chi connectivity index (χ0) is 19.3. The van der Waals surface area contributed by atoms with Crippen molar-refractivity contribution in [3.8, 4) is 17.6 Å². The minimum Gasteiger partial charge on any atom is -0.507 e. The molecule has 0 aliphatic carbocycles. The smallest absolute Gasteiger partial charge is 0.311 e. The standard InChI is InChI=1S/C16H15N5O5/c1-9-3-11(8-26-2)12(6-17)16(19-9)20-18-7-10-4-13(21(24)25)15(23)5-14(10)22/h3-5,7,22-23H,8H2,1-2H3,(H,19,20)/b18-7+. The van der Waals surface area contributed by atoms with Crippen LogP contribution in [-0.2, 0) is 11.3 Å². The number of hydrogen-bond donors (Lipinski definition) is 3. The minimum absolute atomic E-state index is 0.00488. The molecule has 2 rings (SSSR count). The first-order chi connectivity index (χ1) is 12.4. The molecule has 1 heterocycles. The van der Waals surface area contributed by atoms with E-state index in [-0.39, 0.29) is 23.6 Å². The monoisotopic (exact) mass is 357 g/mol. The van der Waals surface area contributed by atoms with Crippen molar-refractivity contribution in [3.63, 3.8) is 0 Å². The average Bonchev–Trinajstić information content (AvgIpc) is 2.56. The van der Waals surface area contributed by atoms with E-state index >= 15 is 0 Å². The van der Waals surface area contributed by atoms with Gasteiger partial charge in [0.1, 0.15) is 17.4 Å². The second-order valence-corrected chi connectivity index (χ2v) is 5.22. The maximum atomic E-state index is 10.8. The number of ether oxygens (including phenoxy) is 1. The maximum absolute atomic E-state index is 10.8. The van der Waals surface area contributed by atoms with Crippen molar-refractivity contribution < 1.29 is 19.9 Å². The topological polar surface area (TPSA) is 154 Å². The normalized spacial score (nSPS) is 10.7. The van der Waals surface area contributed by atoms with Crippen molar-refractivity contribution >= 4 is 17.7 Å². The van der Waals surface area contributed by atoms with Crippen molar-refractivity contribution in [2.24, 2.45) is 5.10 Å². The van der Waals surface area contributed by atoms with Crippen LogP contribution in [-0.4, -0.2) is 33.4 Å². The fourth-order valence-electron chi connectivity index (χ4n) is 2.21. The number of hydrogen-bond acceptors (Lipinski definition) is 9. The quantitative estimate of drug-likeness (QED) is 0.404. The molecular weight excluding hydrogens is 342 g/mol. The molecule has 0 fully saturated rings. The summed E-state index contributed by atoms with van der Waals surface area (Å²) >= 11 is 0. The van der Waals surface area contributed by atoms with Gasteiger partial charge in [-0.05, 0) is 13.0 Å². The third-order valence-electron chi connectivity index (χ3n) is 3.34. The van der Waals surface area contributed by atoms with E-state index in [2.05, 4.69) is 15.5 Å². The predicted octanol–water partition coefficient (Wildman–Crippen LogP) is 2.17. The molecule has 0 saturated carbocycles. The number of methoxy groups -OCH3 is 1. The number of nitro benzene ring substituents is 1. The lowest BCUT2D eigenvalue weighted by atomic mass is 10.1. The molecular formula is C16H15N5O5. The number of aromatic nitrogens is 1. The van der Waals surface area contributed by atoms with Crippen molar-refractivity contribution in [1.29, 1.82) is 5.26 Å². The number of nitriles is 1. The second kappa shape index (κ2) is 7.91. The number of phenols is 2. The molecule has 0 aliphatic rings. The highest BCUT2D eigenvalue weighted by atomic mass is 16.6. The Balaban J connectivity index is 2.33. The average molecular weight is 357 g/mol. The Morgan fingerprint density at radius 1 is 1.42 bits per heavy atom. The fraction of sp³-hybridized carbons (Fsp3) is 0.188. The van der Waals surface area contributed by atoms with Crippen LogP contribution in [0.5, 0.6) is 11.5 Å². The number of nitro groups is 1. The molecule has 0 saturated heterocycles. The summed E-state index contributed by atoms with van der Waals surface area (Å²) in [4.78, 5) is 14.2. The SMILES string of the molecule is COCc1cc(C)nc(N/N=C/c2cc([N+](=O)[O-])c(O)cc2O)c1C#N. The number of rotatable bonds is 6. The van der Waals surface area contributed by atoms with Crippen LogP contribution in [0.2, 0.25) is 0 Å². The van der Waals surface area contributed by atoms with Crippen molar-refractivity contribution in [2.45, 2.75) is 13.5 Å². The van der Waals surface area contributed by atoms with Gasteiger partial charge < -0.3 is 14.9 Å². The third-order valence-corrected chi connectivity index (χ3v) is 3.34. The summed E-state index contributed by atoms with van der Waals surface area (Å²) in [5, 5.41) is 43.2. The van der Waals surface area contributed by atoms with E-state index in [4.69, 9.17) is 4.74 Å². The summed E-state index contributed by atoms with van der Waals surface area (Å²) in [6.45, 7) is 1.96. The summed E-state index contributed by atoms with van der Waals surface area (Å²) in [7, 11) is 1.50. The van der Waals surface area contributed by atoms with E-state index in [1.807, 2.05) is 6.07 Å². The van der Waals surface area contributed by atoms with Gasteiger partial charge in [-0.3, -0.25) is 15.5 Å². The van der Waals surface area contributed by atoms with E-state index in [0.717, 1.165) is 18.3 Å². The molecule has 0 amide bonds. The van der Waals surface area contributed by atoms with Crippen molar-refractivity contribution in [3.05, 3.63) is 50.7 Å². The second-order valence-electron chi connectivity index (χ2n) is 5.22. The number of benzene rings is 1. The molecule has 134 valence electrons. The van der Waals surface area contributed by atoms with E-state index in [1.165, 1.54) is 7.11 Å². The summed E-state index contributed by atoms with van der Waals surface area (Å²) < 4.78 is 5.05. The van der Waals surface area contributed by atoms with Crippen LogP contribution in [0, 0.1) is 28.4 Å². The van der Waals surface area contributed by atoms with Gasteiger partial charge in [0.15, 0.2) is 11.6 Å². The van der Waals surface area contributed by atoms with Gasteiger partial charge in [-0.25, -0.2) is 4.98 Å². The van der Waals surface area contributed by atoms with Gasteiger partial charge in [-0.15, -0.1) is 0 Å². The van der Waals surface area contributed by atoms with Crippen molar-refractivity contribution in [1.82, 2.24) is 4.98 Å². The van der Waals surface area contributed by atoms with E-state index in [9.17, 15) is 25.6 Å². The van der Waals surface area contributed by atoms with Crippen LogP contribution in [0.3, 0.4) is 0 Å². The Hall–Kier alpha value is -3.71. The highest BCUT2D eigenvalue weighted by Gasteiger charge is 2.17. The molecule has 0 unspecified atom stereocenters. The molecule has 1 aromatic heterocycles. The van der Waals surface area contributed by atoms with E-state index < -0.39 is 22.1 Å². The van der Waals surface area contributed by atoms with Gasteiger partial charge in [-0.2, -0.15) is 10.4 Å². The molecule has 0 radical (unpaired) electrons. The first kappa shape index (κ1) is 18.6. The molecule has 10 nitrogen and oxygen atoms in total. The van der Waals surface area contributed by atoms with Crippen LogP contribution < -0.4 is 5.43 Å². The summed E-state index contributed by atoms with van der Waals surface area (Å²) in [5.74, 6) is -0.867. The number of pyridine rings is 1. The Bertz CT molecular complexity index is 920. The molecule has 26 heavy (non-hydrogen) atoms. The Labute approximate surface area is 148 Å². The van der Waals surface area contributed by atoms with Gasteiger partial charge in [0.05, 0.1) is 17.7 Å². The molecule has 0 spiro atoms. The molecule has 1 aromatic carbocycles. The van der Waals surface area contributed by atoms with Gasteiger partial charge in [0, 0.05) is 36.1 Å². The zero-order valence-electron chi connectivity index (χ0n) is 13.9. The summed E-state index contributed by atoms with van der Waals surface area (Å²) in [6, 6.07) is 5.55. The lowest BCUT2D eigenvalue weighted by Gasteiger charge is -2.09. The Morgan fingerprint density at radius 2 is 2.15 bits per heavy atom. The predicted molar refractivity (Wildman–Crippen MR) is 92.0 cm³/mol. The number of anilines is 1. The molecule has 0 atom stereocenters. The summed E-state index contributed by atoms with van der Waals surface area (Å²) in [6.07, 6.45) is 1.11. The number of nitrogens with zero attached hydrogens (tertiary/aromatic N) is 4. The molecule has 10 heteroatoms. The number of aromatic hydroxyl groups is 2. The lowest BCUT2D eigenvalue weighted by Crippen LogP contribution is -2.03. The maximum Gasteiger partial charge on any atom is 0.311 e. The lowest BCUT2D eigenvalue weighted by molar-refractivity contribution is -0.385. The Kier molecular flexibility index (Phi) is 5.67. The number of aryl methyl sites for hydroxylation is 1. The first-order valence-electron chi connectivity index (χ1n) is 7.26. The van der Waals surface area contributed by atoms with Crippen LogP contribution in [0.4, 0.5) is 11.5 Å². The van der Waals surface area contributed by atoms with Gasteiger partial charge in [0.2, 0.25) is 0 Å². The number of nitrogens with one attached hydrogen (secondary N) is 1. The molecule has 0 aliphatic heterocycles. The van der Waals surface area contributed by atoms with Gasteiger partial charge in [-0.1, -0.05) is 0 Å². The summed E-state index contributed by atoms with van der Waals surface area (Å²) in [5.41, 5.74) is 3.52. The highest BCUT2D eigenvalue weighted by Crippen LogP contribution is 2.32. The van der Waals surface area contributed by atoms with Crippen LogP contribution in [0.1, 0.15) is 22.4 Å². The van der Waals surface area contributed by atoms with E-state index in [0.29, 0.717) is 11.3 Å². The van der Waals surface area contributed by atoms with Gasteiger partial charge in [0.25, 0.3) is 0 Å². The Morgan fingerprint density at radius 3 is 2.77 bits per heavy atom. The highest BCUT2D eigenvalue weighted by molar-refractivity contribution is 5.86. The van der Waals surface area contributed by atoms with Crippen LogP contribution >= 0.6 is 0 Å². The number of hydrazone groups is 1. The zero-order valence-corrected chi connectivity index (χ0v) is 13.9. The molecule has 0 bridgehead atoms. The first-order valence-corrected chi connectivity index (χ1v) is 7.26. The third kappa shape index (κ3) is 4.03. The van der Waals surface area contributed by atoms with E-state index in [1.54, 1.807) is 13.0 Å². The fourth-order valence-corrected chi connectivity index (χ4v) is 2.21. The van der Waals surface area contributed by atoms with Crippen molar-refractivity contribution in [2.75, 3.05) is 12.5 Å². The van der Waals surface area contributed by atoms with Crippen LogP contribution in [0.25, 0.3) is 0 Å².